The zero-order valence-electron chi connectivity index (χ0n) is 16.5. The predicted molar refractivity (Wildman–Crippen MR) is 115 cm³/mol. The molecule has 2 amide bonds. The number of carbonyl (C=O) groups is 2. The van der Waals surface area contributed by atoms with Crippen molar-refractivity contribution in [2.24, 2.45) is 5.10 Å². The predicted octanol–water partition coefficient (Wildman–Crippen LogP) is 2.24. The molecular formula is C21H23N5O2S. The number of likely N-dealkylation sites (N-methyl/N-ethyl adjacent to an activating group) is 1. The number of aromatic nitrogens is 1. The van der Waals surface area contributed by atoms with E-state index in [1.165, 1.54) is 5.01 Å². The van der Waals surface area contributed by atoms with Crippen molar-refractivity contribution in [2.45, 2.75) is 6.54 Å². The van der Waals surface area contributed by atoms with Gasteiger partial charge < -0.3 is 14.8 Å². The van der Waals surface area contributed by atoms with Gasteiger partial charge in [0.05, 0.1) is 22.5 Å². The number of benzene rings is 1. The number of carbonyl (C=O) groups excluding carboxylic acids is 2. The Morgan fingerprint density at radius 2 is 2.03 bits per heavy atom. The van der Waals surface area contributed by atoms with Gasteiger partial charge in [0.25, 0.3) is 5.91 Å². The second-order valence-corrected chi connectivity index (χ2v) is 8.16. The molecule has 0 saturated carbocycles. The number of hydrogen-bond acceptors (Lipinski definition) is 5. The summed E-state index contributed by atoms with van der Waals surface area (Å²) in [5.74, 6) is -0.486. The molecule has 29 heavy (non-hydrogen) atoms. The van der Waals surface area contributed by atoms with E-state index in [2.05, 4.69) is 10.4 Å². The highest BCUT2D eigenvalue weighted by Crippen LogP contribution is 2.28. The SMILES string of the molecule is CN(C)CCNC(=O)CN1N=C(c2ccccc2)Cn2c(cc3sccc32)C1=O. The molecule has 0 aliphatic carbocycles. The number of amides is 2. The van der Waals surface area contributed by atoms with Crippen molar-refractivity contribution in [2.75, 3.05) is 33.7 Å². The first-order valence-corrected chi connectivity index (χ1v) is 10.3. The van der Waals surface area contributed by atoms with Crippen molar-refractivity contribution in [3.8, 4) is 0 Å². The second kappa shape index (κ2) is 8.18. The molecule has 1 aliphatic rings. The van der Waals surface area contributed by atoms with Gasteiger partial charge in [0.2, 0.25) is 5.91 Å². The number of nitrogens with one attached hydrogen (secondary N) is 1. The molecule has 1 aromatic carbocycles. The standard InChI is InChI=1S/C21H23N5O2S/c1-24(2)10-9-22-20(27)14-26-21(28)18-12-19-17(8-11-29-19)25(18)13-16(23-26)15-6-4-3-5-7-15/h3-8,11-12H,9-10,13-14H2,1-2H3,(H,22,27). The first-order valence-electron chi connectivity index (χ1n) is 9.46. The first kappa shape index (κ1) is 19.4. The zero-order chi connectivity index (χ0) is 20.4. The van der Waals surface area contributed by atoms with E-state index in [0.717, 1.165) is 28.0 Å². The lowest BCUT2D eigenvalue weighted by molar-refractivity contribution is -0.121. The van der Waals surface area contributed by atoms with Gasteiger partial charge in [-0.1, -0.05) is 30.3 Å². The van der Waals surface area contributed by atoms with E-state index >= 15 is 0 Å². The van der Waals surface area contributed by atoms with Gasteiger partial charge in [-0.25, -0.2) is 5.01 Å². The van der Waals surface area contributed by atoms with Crippen LogP contribution < -0.4 is 5.32 Å². The van der Waals surface area contributed by atoms with Gasteiger partial charge in [-0.15, -0.1) is 11.3 Å². The van der Waals surface area contributed by atoms with Crippen LogP contribution in [-0.2, 0) is 11.3 Å². The summed E-state index contributed by atoms with van der Waals surface area (Å²) in [6.45, 7) is 1.62. The topological polar surface area (TPSA) is 69.9 Å². The Hall–Kier alpha value is -2.97. The summed E-state index contributed by atoms with van der Waals surface area (Å²) in [6.07, 6.45) is 0. The summed E-state index contributed by atoms with van der Waals surface area (Å²) in [6, 6.07) is 13.7. The zero-order valence-corrected chi connectivity index (χ0v) is 17.3. The molecule has 3 aromatic rings. The number of thiophene rings is 1. The minimum Gasteiger partial charge on any atom is -0.353 e. The molecule has 0 bridgehead atoms. The van der Waals surface area contributed by atoms with Gasteiger partial charge in [-0.3, -0.25) is 9.59 Å². The van der Waals surface area contributed by atoms with Crippen LogP contribution in [0.15, 0.2) is 52.9 Å². The second-order valence-electron chi connectivity index (χ2n) is 7.21. The Labute approximate surface area is 173 Å². The van der Waals surface area contributed by atoms with E-state index in [1.54, 1.807) is 11.3 Å². The Balaban J connectivity index is 1.66. The van der Waals surface area contributed by atoms with Gasteiger partial charge in [-0.2, -0.15) is 5.10 Å². The molecule has 0 atom stereocenters. The quantitative estimate of drug-likeness (QED) is 0.679. The lowest BCUT2D eigenvalue weighted by Crippen LogP contribution is -2.40. The third-order valence-electron chi connectivity index (χ3n) is 4.81. The van der Waals surface area contributed by atoms with E-state index in [1.807, 2.05) is 71.4 Å². The number of fused-ring (bicyclic) bond motifs is 3. The van der Waals surface area contributed by atoms with Crippen LogP contribution in [0, 0.1) is 0 Å². The lowest BCUT2D eigenvalue weighted by Gasteiger charge is -2.17. The van der Waals surface area contributed by atoms with Crippen molar-refractivity contribution in [1.29, 1.82) is 0 Å². The summed E-state index contributed by atoms with van der Waals surface area (Å²) in [4.78, 5) is 27.6. The van der Waals surface area contributed by atoms with Crippen molar-refractivity contribution >= 4 is 39.1 Å². The summed E-state index contributed by atoms with van der Waals surface area (Å²) >= 11 is 1.60. The third-order valence-corrected chi connectivity index (χ3v) is 5.66. The van der Waals surface area contributed by atoms with Gasteiger partial charge >= 0.3 is 0 Å². The van der Waals surface area contributed by atoms with Crippen LogP contribution >= 0.6 is 11.3 Å². The normalized spacial score (nSPS) is 14.1. The fourth-order valence-electron chi connectivity index (χ4n) is 3.33. The van der Waals surface area contributed by atoms with E-state index in [4.69, 9.17) is 0 Å². The van der Waals surface area contributed by atoms with Gasteiger partial charge in [0, 0.05) is 13.1 Å². The van der Waals surface area contributed by atoms with Crippen LogP contribution in [0.1, 0.15) is 16.1 Å². The Morgan fingerprint density at radius 1 is 1.24 bits per heavy atom. The molecule has 0 spiro atoms. The molecule has 2 aromatic heterocycles. The Bertz CT molecular complexity index is 1070. The summed E-state index contributed by atoms with van der Waals surface area (Å²) < 4.78 is 3.04. The van der Waals surface area contributed by atoms with Crippen LogP contribution in [0.25, 0.3) is 10.2 Å². The third kappa shape index (κ3) is 4.08. The average Bonchev–Trinajstić information content (AvgIpc) is 3.25. The molecule has 150 valence electrons. The summed E-state index contributed by atoms with van der Waals surface area (Å²) in [5.41, 5.74) is 3.26. The fourth-order valence-corrected chi connectivity index (χ4v) is 4.15. The van der Waals surface area contributed by atoms with Crippen LogP contribution in [-0.4, -0.2) is 65.7 Å². The minimum absolute atomic E-state index is 0.110. The Kier molecular flexibility index (Phi) is 5.46. The minimum atomic E-state index is -0.262. The van der Waals surface area contributed by atoms with Gasteiger partial charge in [0.15, 0.2) is 0 Å². The number of rotatable bonds is 6. The molecule has 8 heteroatoms. The Morgan fingerprint density at radius 3 is 2.79 bits per heavy atom. The highest BCUT2D eigenvalue weighted by Gasteiger charge is 2.28. The molecule has 0 fully saturated rings. The van der Waals surface area contributed by atoms with Gasteiger partial charge in [0.1, 0.15) is 12.2 Å². The number of hydrogen-bond donors (Lipinski definition) is 1. The fraction of sp³-hybridized carbons (Fsp3) is 0.286. The number of hydrazone groups is 1. The van der Waals surface area contributed by atoms with Crippen molar-refractivity contribution in [3.05, 3.63) is 59.1 Å². The molecule has 3 heterocycles. The molecule has 0 radical (unpaired) electrons. The maximum atomic E-state index is 13.2. The molecule has 1 N–H and O–H groups in total. The van der Waals surface area contributed by atoms with E-state index in [-0.39, 0.29) is 18.4 Å². The highest BCUT2D eigenvalue weighted by atomic mass is 32.1. The molecule has 0 saturated heterocycles. The maximum Gasteiger partial charge on any atom is 0.291 e. The largest absolute Gasteiger partial charge is 0.353 e. The molecule has 4 rings (SSSR count). The van der Waals surface area contributed by atoms with E-state index < -0.39 is 0 Å². The van der Waals surface area contributed by atoms with Gasteiger partial charge in [-0.05, 0) is 37.2 Å². The van der Waals surface area contributed by atoms with Crippen molar-refractivity contribution in [1.82, 2.24) is 19.8 Å². The van der Waals surface area contributed by atoms with E-state index in [0.29, 0.717) is 18.8 Å². The first-order chi connectivity index (χ1) is 14.0. The number of nitrogens with zero attached hydrogens (tertiary/aromatic N) is 4. The average molecular weight is 410 g/mol. The monoisotopic (exact) mass is 409 g/mol. The van der Waals surface area contributed by atoms with Crippen LogP contribution in [0.4, 0.5) is 0 Å². The smallest absolute Gasteiger partial charge is 0.291 e. The maximum absolute atomic E-state index is 13.2. The molecule has 1 aliphatic heterocycles. The van der Waals surface area contributed by atoms with Crippen LogP contribution in [0.2, 0.25) is 0 Å². The van der Waals surface area contributed by atoms with Crippen molar-refractivity contribution in [3.63, 3.8) is 0 Å². The molecule has 7 nitrogen and oxygen atoms in total. The van der Waals surface area contributed by atoms with Crippen LogP contribution in [0.5, 0.6) is 0 Å². The van der Waals surface area contributed by atoms with Crippen molar-refractivity contribution < 1.29 is 9.59 Å². The summed E-state index contributed by atoms with van der Waals surface area (Å²) in [5, 5.41) is 10.8. The van der Waals surface area contributed by atoms with E-state index in [9.17, 15) is 9.59 Å². The van der Waals surface area contributed by atoms with Crippen LogP contribution in [0.3, 0.4) is 0 Å². The summed E-state index contributed by atoms with van der Waals surface area (Å²) in [7, 11) is 3.89. The lowest BCUT2D eigenvalue weighted by atomic mass is 10.1. The highest BCUT2D eigenvalue weighted by molar-refractivity contribution is 7.17. The molecule has 0 unspecified atom stereocenters. The molecular weight excluding hydrogens is 386 g/mol.